The molecule has 0 unspecified atom stereocenters. The molecule has 3 aromatic rings. The standard InChI is InChI=1S/C21H25ClFN5O2/c1-13-7-9-27(10-8-13)12-17-24-19-18(20(29)26(3)21(30)25(19)2)28(17)11-14-15(22)5-4-6-16(14)23/h4-6,13H,7-12H2,1-3H3/p+1. The van der Waals surface area contributed by atoms with E-state index >= 15 is 0 Å². The van der Waals surface area contributed by atoms with Gasteiger partial charge in [-0.3, -0.25) is 13.9 Å². The van der Waals surface area contributed by atoms with E-state index in [1.54, 1.807) is 23.7 Å². The van der Waals surface area contributed by atoms with Crippen molar-refractivity contribution >= 4 is 22.8 Å². The van der Waals surface area contributed by atoms with Gasteiger partial charge < -0.3 is 9.47 Å². The monoisotopic (exact) mass is 434 g/mol. The van der Waals surface area contributed by atoms with Gasteiger partial charge in [-0.25, -0.2) is 14.2 Å². The van der Waals surface area contributed by atoms with Gasteiger partial charge in [-0.1, -0.05) is 24.6 Å². The number of halogens is 2. The third kappa shape index (κ3) is 3.58. The zero-order valence-electron chi connectivity index (χ0n) is 17.4. The van der Waals surface area contributed by atoms with E-state index in [1.165, 1.54) is 22.6 Å². The van der Waals surface area contributed by atoms with Gasteiger partial charge in [-0.15, -0.1) is 0 Å². The Hall–Kier alpha value is -2.45. The van der Waals surface area contributed by atoms with E-state index in [9.17, 15) is 14.0 Å². The summed E-state index contributed by atoms with van der Waals surface area (Å²) in [4.78, 5) is 31.4. The number of likely N-dealkylation sites (tertiary alicyclic amines) is 1. The van der Waals surface area contributed by atoms with Crippen LogP contribution in [0, 0.1) is 11.7 Å². The molecule has 1 saturated heterocycles. The Labute approximate surface area is 178 Å². The van der Waals surface area contributed by atoms with Gasteiger partial charge >= 0.3 is 5.69 Å². The largest absolute Gasteiger partial charge is 0.332 e. The summed E-state index contributed by atoms with van der Waals surface area (Å²) >= 11 is 6.27. The Morgan fingerprint density at radius 3 is 2.57 bits per heavy atom. The van der Waals surface area contributed by atoms with Crippen molar-refractivity contribution in [1.82, 2.24) is 18.7 Å². The summed E-state index contributed by atoms with van der Waals surface area (Å²) < 4.78 is 18.7. The van der Waals surface area contributed by atoms with Crippen LogP contribution in [0.25, 0.3) is 11.2 Å². The van der Waals surface area contributed by atoms with Crippen LogP contribution in [0.3, 0.4) is 0 Å². The summed E-state index contributed by atoms with van der Waals surface area (Å²) in [6.45, 7) is 4.97. The Morgan fingerprint density at radius 2 is 1.90 bits per heavy atom. The van der Waals surface area contributed by atoms with Crippen molar-refractivity contribution in [3.8, 4) is 0 Å². The first-order valence-electron chi connectivity index (χ1n) is 10.2. The topological polar surface area (TPSA) is 66.3 Å². The number of rotatable bonds is 4. The van der Waals surface area contributed by atoms with Crippen LogP contribution in [-0.4, -0.2) is 31.8 Å². The molecule has 0 saturated carbocycles. The molecular formula is C21H26ClFN5O2+. The molecule has 4 rings (SSSR count). The smallest absolute Gasteiger partial charge is 0.329 e. The molecule has 0 amide bonds. The van der Waals surface area contributed by atoms with Crippen LogP contribution in [0.5, 0.6) is 0 Å². The number of benzene rings is 1. The average molecular weight is 435 g/mol. The zero-order valence-corrected chi connectivity index (χ0v) is 18.2. The lowest BCUT2D eigenvalue weighted by atomic mass is 9.99. The van der Waals surface area contributed by atoms with E-state index in [1.807, 2.05) is 0 Å². The number of hydrogen-bond acceptors (Lipinski definition) is 3. The molecule has 1 aliphatic heterocycles. The highest BCUT2D eigenvalue weighted by Crippen LogP contribution is 2.22. The minimum Gasteiger partial charge on any atom is -0.329 e. The third-order valence-corrected chi connectivity index (χ3v) is 6.55. The summed E-state index contributed by atoms with van der Waals surface area (Å²) in [6, 6.07) is 4.53. The molecule has 0 aliphatic carbocycles. The molecule has 7 nitrogen and oxygen atoms in total. The molecule has 1 aromatic carbocycles. The lowest BCUT2D eigenvalue weighted by molar-refractivity contribution is -0.920. The Morgan fingerprint density at radius 1 is 1.20 bits per heavy atom. The minimum absolute atomic E-state index is 0.0778. The van der Waals surface area contributed by atoms with E-state index in [4.69, 9.17) is 11.6 Å². The van der Waals surface area contributed by atoms with Crippen LogP contribution >= 0.6 is 11.6 Å². The van der Waals surface area contributed by atoms with E-state index in [-0.39, 0.29) is 6.54 Å². The number of imidazole rings is 1. The fraction of sp³-hybridized carbons (Fsp3) is 0.476. The van der Waals surface area contributed by atoms with Crippen LogP contribution in [0.2, 0.25) is 5.02 Å². The van der Waals surface area contributed by atoms with E-state index < -0.39 is 17.1 Å². The number of nitrogens with one attached hydrogen (secondary N) is 1. The molecule has 9 heteroatoms. The lowest BCUT2D eigenvalue weighted by Crippen LogP contribution is -3.11. The summed E-state index contributed by atoms with van der Waals surface area (Å²) in [6.07, 6.45) is 2.27. The first-order chi connectivity index (χ1) is 14.3. The molecule has 1 N–H and O–H groups in total. The van der Waals surface area contributed by atoms with E-state index in [0.29, 0.717) is 40.0 Å². The number of aromatic nitrogens is 4. The summed E-state index contributed by atoms with van der Waals surface area (Å²) in [5, 5.41) is 0.295. The number of nitrogens with zero attached hydrogens (tertiary/aromatic N) is 4. The second kappa shape index (κ2) is 8.00. The minimum atomic E-state index is -0.443. The molecule has 0 atom stereocenters. The number of aryl methyl sites for hydroxylation is 1. The second-order valence-corrected chi connectivity index (χ2v) is 8.71. The van der Waals surface area contributed by atoms with Crippen LogP contribution in [0.1, 0.15) is 31.2 Å². The predicted octanol–water partition coefficient (Wildman–Crippen LogP) is 1.09. The van der Waals surface area contributed by atoms with Crippen LogP contribution in [0.4, 0.5) is 4.39 Å². The molecule has 3 heterocycles. The lowest BCUT2D eigenvalue weighted by Gasteiger charge is -2.27. The SMILES string of the molecule is CC1CC[NH+](Cc2nc3c(c(=O)n(C)c(=O)n3C)n2Cc2c(F)cccc2Cl)CC1. The molecule has 0 radical (unpaired) electrons. The summed E-state index contributed by atoms with van der Waals surface area (Å²) in [7, 11) is 3.03. The van der Waals surface area contributed by atoms with Crippen LogP contribution in [0.15, 0.2) is 27.8 Å². The third-order valence-electron chi connectivity index (χ3n) is 6.19. The highest BCUT2D eigenvalue weighted by molar-refractivity contribution is 6.31. The molecule has 0 spiro atoms. The van der Waals surface area contributed by atoms with Gasteiger partial charge in [0.2, 0.25) is 0 Å². The molecule has 1 aliphatic rings. The summed E-state index contributed by atoms with van der Waals surface area (Å²) in [5.41, 5.74) is 0.0280. The van der Waals surface area contributed by atoms with Crippen molar-refractivity contribution in [2.45, 2.75) is 32.9 Å². The van der Waals surface area contributed by atoms with E-state index in [2.05, 4.69) is 11.9 Å². The highest BCUT2D eigenvalue weighted by Gasteiger charge is 2.25. The number of piperidine rings is 1. The van der Waals surface area contributed by atoms with Gasteiger partial charge in [-0.05, 0) is 30.9 Å². The van der Waals surface area contributed by atoms with Gasteiger partial charge in [0.15, 0.2) is 17.0 Å². The van der Waals surface area contributed by atoms with Crippen molar-refractivity contribution in [3.63, 3.8) is 0 Å². The molecule has 160 valence electrons. The first kappa shape index (κ1) is 20.8. The number of quaternary nitrogens is 1. The maximum atomic E-state index is 14.5. The Balaban J connectivity index is 1.88. The molecular weight excluding hydrogens is 409 g/mol. The van der Waals surface area contributed by atoms with Crippen LogP contribution in [-0.2, 0) is 27.2 Å². The molecule has 2 aromatic heterocycles. The highest BCUT2D eigenvalue weighted by atomic mass is 35.5. The van der Waals surface area contributed by atoms with Crippen LogP contribution < -0.4 is 16.1 Å². The maximum Gasteiger partial charge on any atom is 0.332 e. The Bertz CT molecular complexity index is 1200. The Kier molecular flexibility index (Phi) is 5.55. The zero-order chi connectivity index (χ0) is 21.6. The maximum absolute atomic E-state index is 14.5. The van der Waals surface area contributed by atoms with E-state index in [0.717, 1.165) is 30.5 Å². The summed E-state index contributed by atoms with van der Waals surface area (Å²) in [5.74, 6) is 0.932. The number of fused-ring (bicyclic) bond motifs is 1. The molecule has 30 heavy (non-hydrogen) atoms. The number of hydrogen-bond donors (Lipinski definition) is 1. The normalized spacial score (nSPS) is 19.5. The molecule has 0 bridgehead atoms. The van der Waals surface area contributed by atoms with Gasteiger partial charge in [0.1, 0.15) is 12.4 Å². The fourth-order valence-corrected chi connectivity index (χ4v) is 4.43. The van der Waals surface area contributed by atoms with Crippen molar-refractivity contribution < 1.29 is 9.29 Å². The van der Waals surface area contributed by atoms with Crippen molar-refractivity contribution in [3.05, 3.63) is 61.3 Å². The van der Waals surface area contributed by atoms with Crippen molar-refractivity contribution in [2.75, 3.05) is 13.1 Å². The quantitative estimate of drug-likeness (QED) is 0.668. The molecule has 1 fully saturated rings. The second-order valence-electron chi connectivity index (χ2n) is 8.30. The van der Waals surface area contributed by atoms with Gasteiger partial charge in [0.25, 0.3) is 5.56 Å². The fourth-order valence-electron chi connectivity index (χ4n) is 4.21. The van der Waals surface area contributed by atoms with Gasteiger partial charge in [-0.2, -0.15) is 0 Å². The van der Waals surface area contributed by atoms with Crippen molar-refractivity contribution in [1.29, 1.82) is 0 Å². The predicted molar refractivity (Wildman–Crippen MR) is 114 cm³/mol. The van der Waals surface area contributed by atoms with Crippen molar-refractivity contribution in [2.24, 2.45) is 20.0 Å². The average Bonchev–Trinajstić information content (AvgIpc) is 3.07. The van der Waals surface area contributed by atoms with Gasteiger partial charge in [0.05, 0.1) is 19.6 Å². The first-order valence-corrected chi connectivity index (χ1v) is 10.6. The van der Waals surface area contributed by atoms with Gasteiger partial charge in [0, 0.05) is 24.7 Å².